The third kappa shape index (κ3) is 4.05. The predicted octanol–water partition coefficient (Wildman–Crippen LogP) is 4.54. The zero-order valence-electron chi connectivity index (χ0n) is 15.8. The van der Waals surface area contributed by atoms with Crippen LogP contribution in [0.2, 0.25) is 0 Å². The van der Waals surface area contributed by atoms with E-state index in [1.165, 1.54) is 0 Å². The van der Waals surface area contributed by atoms with E-state index in [1.54, 1.807) is 24.3 Å². The fourth-order valence-corrected chi connectivity index (χ4v) is 3.39. The summed E-state index contributed by atoms with van der Waals surface area (Å²) in [5.74, 6) is -0.589. The summed E-state index contributed by atoms with van der Waals surface area (Å²) >= 11 is 0. The fraction of sp³-hybridized carbons (Fsp3) is 0.550. The first-order valence-corrected chi connectivity index (χ1v) is 9.42. The second-order valence-electron chi connectivity index (χ2n) is 8.53. The Morgan fingerprint density at radius 3 is 2.39 bits per heavy atom. The number of rotatable bonds is 6. The number of nitrogens with zero attached hydrogens (tertiary/aromatic N) is 3. The van der Waals surface area contributed by atoms with Crippen molar-refractivity contribution in [3.8, 4) is 11.4 Å². The first-order valence-electron chi connectivity index (χ1n) is 9.42. The van der Waals surface area contributed by atoms with E-state index >= 15 is 0 Å². The molecular formula is C20H22F3N3O2. The van der Waals surface area contributed by atoms with Gasteiger partial charge in [0.25, 0.3) is 0 Å². The van der Waals surface area contributed by atoms with Crippen LogP contribution in [-0.4, -0.2) is 27.5 Å². The van der Waals surface area contributed by atoms with Gasteiger partial charge in [0, 0.05) is 24.6 Å². The minimum absolute atomic E-state index is 0.0809. The van der Waals surface area contributed by atoms with Crippen LogP contribution in [0.4, 0.5) is 13.2 Å². The van der Waals surface area contributed by atoms with Gasteiger partial charge in [-0.2, -0.15) is 18.2 Å². The molecule has 28 heavy (non-hydrogen) atoms. The molecule has 0 N–H and O–H groups in total. The molecule has 2 fully saturated rings. The Bertz CT molecular complexity index is 870. The summed E-state index contributed by atoms with van der Waals surface area (Å²) in [4.78, 5) is 18.2. The molecule has 5 nitrogen and oxygen atoms in total. The number of hydrogen-bond acceptors (Lipinski definition) is 4. The van der Waals surface area contributed by atoms with Crippen molar-refractivity contribution in [1.29, 1.82) is 0 Å². The van der Waals surface area contributed by atoms with E-state index in [0.717, 1.165) is 31.4 Å². The SMILES string of the molecule is CC1(C)CC1C(=O)N(Cc1ccc(-c2noc(C(F)(F)F)n2)cc1)CC1CC1. The molecule has 2 aliphatic rings. The number of benzene rings is 1. The Kier molecular flexibility index (Phi) is 4.47. The summed E-state index contributed by atoms with van der Waals surface area (Å²) in [6, 6.07) is 6.90. The van der Waals surface area contributed by atoms with Crippen LogP contribution < -0.4 is 0 Å². The molecule has 1 unspecified atom stereocenters. The molecule has 0 spiro atoms. The topological polar surface area (TPSA) is 59.2 Å². The quantitative estimate of drug-likeness (QED) is 0.723. The molecule has 0 saturated heterocycles. The van der Waals surface area contributed by atoms with Crippen LogP contribution in [0.5, 0.6) is 0 Å². The van der Waals surface area contributed by atoms with Crippen LogP contribution in [0.15, 0.2) is 28.8 Å². The van der Waals surface area contributed by atoms with Gasteiger partial charge in [0.15, 0.2) is 0 Å². The Morgan fingerprint density at radius 2 is 1.89 bits per heavy atom. The van der Waals surface area contributed by atoms with Gasteiger partial charge in [-0.05, 0) is 36.2 Å². The fourth-order valence-electron chi connectivity index (χ4n) is 3.39. The maximum Gasteiger partial charge on any atom is 0.471 e. The summed E-state index contributed by atoms with van der Waals surface area (Å²) < 4.78 is 42.1. The third-order valence-electron chi connectivity index (χ3n) is 5.55. The number of carbonyl (C=O) groups excluding carboxylic acids is 1. The van der Waals surface area contributed by atoms with E-state index in [-0.39, 0.29) is 23.1 Å². The number of aromatic nitrogens is 2. The van der Waals surface area contributed by atoms with Crippen molar-refractivity contribution in [1.82, 2.24) is 15.0 Å². The highest BCUT2D eigenvalue weighted by Crippen LogP contribution is 2.52. The lowest BCUT2D eigenvalue weighted by atomic mass is 10.1. The summed E-state index contributed by atoms with van der Waals surface area (Å²) in [6.45, 7) is 5.49. The molecule has 1 aromatic heterocycles. The van der Waals surface area contributed by atoms with Gasteiger partial charge in [0.1, 0.15) is 0 Å². The lowest BCUT2D eigenvalue weighted by Crippen LogP contribution is -2.34. The average molecular weight is 393 g/mol. The predicted molar refractivity (Wildman–Crippen MR) is 94.8 cm³/mol. The average Bonchev–Trinajstić information content (AvgIpc) is 3.49. The maximum absolute atomic E-state index is 12.9. The van der Waals surface area contributed by atoms with Crippen LogP contribution in [-0.2, 0) is 17.5 Å². The first-order chi connectivity index (χ1) is 13.1. The Morgan fingerprint density at radius 1 is 1.25 bits per heavy atom. The number of hydrogen-bond donors (Lipinski definition) is 0. The molecule has 2 aromatic rings. The Labute approximate surface area is 160 Å². The van der Waals surface area contributed by atoms with Crippen molar-refractivity contribution in [3.05, 3.63) is 35.7 Å². The first kappa shape index (κ1) is 19.0. The smallest absolute Gasteiger partial charge is 0.338 e. The van der Waals surface area contributed by atoms with E-state index in [2.05, 4.69) is 28.5 Å². The third-order valence-corrected chi connectivity index (χ3v) is 5.55. The van der Waals surface area contributed by atoms with Gasteiger partial charge in [0.2, 0.25) is 11.7 Å². The normalized spacial score (nSPS) is 20.8. The zero-order valence-corrected chi connectivity index (χ0v) is 15.8. The van der Waals surface area contributed by atoms with E-state index < -0.39 is 12.1 Å². The number of amides is 1. The molecule has 1 amide bonds. The summed E-state index contributed by atoms with van der Waals surface area (Å²) in [5.41, 5.74) is 1.44. The molecule has 0 bridgehead atoms. The Hall–Kier alpha value is -2.38. The molecule has 2 aliphatic carbocycles. The van der Waals surface area contributed by atoms with Gasteiger partial charge in [-0.25, -0.2) is 0 Å². The summed E-state index contributed by atoms with van der Waals surface area (Å²) in [6.07, 6.45) is -1.41. The van der Waals surface area contributed by atoms with Crippen molar-refractivity contribution >= 4 is 5.91 Å². The van der Waals surface area contributed by atoms with Gasteiger partial charge in [-0.3, -0.25) is 4.79 Å². The molecule has 4 rings (SSSR count). The van der Waals surface area contributed by atoms with Gasteiger partial charge in [-0.15, -0.1) is 0 Å². The molecule has 0 radical (unpaired) electrons. The standard InChI is InChI=1S/C20H22F3N3O2/c1-19(2)9-15(19)17(27)26(10-12-3-4-12)11-13-5-7-14(8-6-13)16-24-18(28-25-16)20(21,22)23/h5-8,12,15H,3-4,9-11H2,1-2H3. The minimum atomic E-state index is -4.66. The van der Waals surface area contributed by atoms with Crippen molar-refractivity contribution < 1.29 is 22.5 Å². The number of alkyl halides is 3. The van der Waals surface area contributed by atoms with E-state index in [1.807, 2.05) is 4.90 Å². The van der Waals surface area contributed by atoms with Gasteiger partial charge >= 0.3 is 12.1 Å². The molecule has 1 heterocycles. The van der Waals surface area contributed by atoms with Crippen molar-refractivity contribution in [2.45, 2.75) is 45.8 Å². The van der Waals surface area contributed by atoms with Crippen LogP contribution in [0.1, 0.15) is 44.6 Å². The zero-order chi connectivity index (χ0) is 20.1. The monoisotopic (exact) mass is 393 g/mol. The van der Waals surface area contributed by atoms with E-state index in [9.17, 15) is 18.0 Å². The molecular weight excluding hydrogens is 371 g/mol. The molecule has 1 aromatic carbocycles. The molecule has 8 heteroatoms. The van der Waals surface area contributed by atoms with Crippen LogP contribution in [0, 0.1) is 17.3 Å². The van der Waals surface area contributed by atoms with Gasteiger partial charge in [0.05, 0.1) is 0 Å². The highest BCUT2D eigenvalue weighted by atomic mass is 19.4. The van der Waals surface area contributed by atoms with Crippen LogP contribution in [0.3, 0.4) is 0 Å². The van der Waals surface area contributed by atoms with Crippen molar-refractivity contribution in [2.75, 3.05) is 6.54 Å². The van der Waals surface area contributed by atoms with Crippen LogP contribution >= 0.6 is 0 Å². The number of halogens is 3. The molecule has 2 saturated carbocycles. The maximum atomic E-state index is 12.9. The van der Waals surface area contributed by atoms with E-state index in [4.69, 9.17) is 0 Å². The molecule has 0 aliphatic heterocycles. The second-order valence-corrected chi connectivity index (χ2v) is 8.53. The number of carbonyl (C=O) groups is 1. The highest BCUT2D eigenvalue weighted by molar-refractivity contribution is 5.82. The summed E-state index contributed by atoms with van der Waals surface area (Å²) in [5, 5.41) is 3.40. The van der Waals surface area contributed by atoms with E-state index in [0.29, 0.717) is 18.0 Å². The van der Waals surface area contributed by atoms with Crippen molar-refractivity contribution in [2.24, 2.45) is 17.3 Å². The highest BCUT2D eigenvalue weighted by Gasteiger charge is 2.52. The Balaban J connectivity index is 1.46. The lowest BCUT2D eigenvalue weighted by molar-refractivity contribution is -0.159. The lowest BCUT2D eigenvalue weighted by Gasteiger charge is -2.24. The second kappa shape index (κ2) is 6.60. The largest absolute Gasteiger partial charge is 0.471 e. The summed E-state index contributed by atoms with van der Waals surface area (Å²) in [7, 11) is 0. The van der Waals surface area contributed by atoms with Crippen LogP contribution in [0.25, 0.3) is 11.4 Å². The van der Waals surface area contributed by atoms with Gasteiger partial charge < -0.3 is 9.42 Å². The molecule has 1 atom stereocenters. The molecule has 150 valence electrons. The van der Waals surface area contributed by atoms with Gasteiger partial charge in [-0.1, -0.05) is 43.3 Å². The van der Waals surface area contributed by atoms with Crippen molar-refractivity contribution in [3.63, 3.8) is 0 Å². The minimum Gasteiger partial charge on any atom is -0.338 e.